The first kappa shape index (κ1) is 23.1. The van der Waals surface area contributed by atoms with E-state index in [1.165, 1.54) is 62.0 Å². The maximum absolute atomic E-state index is 12.7. The molecule has 0 radical (unpaired) electrons. The lowest BCUT2D eigenvalue weighted by Crippen LogP contribution is -2.41. The van der Waals surface area contributed by atoms with Crippen LogP contribution in [0.3, 0.4) is 0 Å². The van der Waals surface area contributed by atoms with Gasteiger partial charge in [0.05, 0.1) is 28.2 Å². The average Bonchev–Trinajstić information content (AvgIpc) is 2.82. The van der Waals surface area contributed by atoms with E-state index in [1.807, 2.05) is 0 Å². The van der Waals surface area contributed by atoms with Crippen molar-refractivity contribution in [1.82, 2.24) is 15.8 Å². The third-order valence-electron chi connectivity index (χ3n) is 4.28. The molecule has 12 nitrogen and oxygen atoms in total. The average molecular weight is 471 g/mol. The fourth-order valence-corrected chi connectivity index (χ4v) is 3.69. The number of non-ortho nitro benzene ring substituents is 1. The Labute approximate surface area is 187 Å². The van der Waals surface area contributed by atoms with Crippen molar-refractivity contribution < 1.29 is 27.7 Å². The molecule has 2 amide bonds. The Morgan fingerprint density at radius 2 is 1.67 bits per heavy atom. The Kier molecular flexibility index (Phi) is 6.83. The number of nitro benzene ring substituents is 1. The molecule has 2 aromatic carbocycles. The van der Waals surface area contributed by atoms with Crippen molar-refractivity contribution in [3.63, 3.8) is 0 Å². The Hall–Kier alpha value is -4.52. The van der Waals surface area contributed by atoms with Crippen molar-refractivity contribution in [3.05, 3.63) is 88.2 Å². The van der Waals surface area contributed by atoms with Crippen LogP contribution in [0.25, 0.3) is 0 Å². The highest BCUT2D eigenvalue weighted by molar-refractivity contribution is 7.92. The zero-order valence-corrected chi connectivity index (χ0v) is 17.8. The SMILES string of the molecule is COc1ccc([N+](=O)[O-])cc1NS(=O)(=O)c1ccc(C(=O)NNC(=O)c2cccnc2)cc1. The van der Waals surface area contributed by atoms with Crippen LogP contribution in [0.1, 0.15) is 20.7 Å². The molecule has 170 valence electrons. The van der Waals surface area contributed by atoms with Gasteiger partial charge in [0.15, 0.2) is 0 Å². The number of benzene rings is 2. The topological polar surface area (TPSA) is 170 Å². The second kappa shape index (κ2) is 9.74. The number of sulfonamides is 1. The van der Waals surface area contributed by atoms with Crippen LogP contribution in [-0.4, -0.2) is 37.2 Å². The summed E-state index contributed by atoms with van der Waals surface area (Å²) in [5.41, 5.74) is 4.31. The molecule has 3 N–H and O–H groups in total. The number of carbonyl (C=O) groups excluding carboxylic acids is 2. The van der Waals surface area contributed by atoms with Crippen LogP contribution in [0.5, 0.6) is 5.75 Å². The van der Waals surface area contributed by atoms with Crippen molar-refractivity contribution in [2.75, 3.05) is 11.8 Å². The number of methoxy groups -OCH3 is 1. The summed E-state index contributed by atoms with van der Waals surface area (Å²) in [4.78, 5) is 38.1. The minimum atomic E-state index is -4.15. The molecular formula is C20H17N5O7S. The Morgan fingerprint density at radius 3 is 2.24 bits per heavy atom. The number of ether oxygens (including phenoxy) is 1. The van der Waals surface area contributed by atoms with Gasteiger partial charge in [-0.3, -0.25) is 40.3 Å². The second-order valence-electron chi connectivity index (χ2n) is 6.42. The van der Waals surface area contributed by atoms with Gasteiger partial charge in [-0.1, -0.05) is 0 Å². The first-order chi connectivity index (χ1) is 15.7. The largest absolute Gasteiger partial charge is 0.495 e. The number of anilines is 1. The van der Waals surface area contributed by atoms with Crippen molar-refractivity contribution in [2.24, 2.45) is 0 Å². The maximum atomic E-state index is 12.7. The fraction of sp³-hybridized carbons (Fsp3) is 0.0500. The van der Waals surface area contributed by atoms with Crippen LogP contribution in [0, 0.1) is 10.1 Å². The highest BCUT2D eigenvalue weighted by Crippen LogP contribution is 2.30. The summed E-state index contributed by atoms with van der Waals surface area (Å²) in [6, 6.07) is 11.4. The van der Waals surface area contributed by atoms with Gasteiger partial charge in [0.2, 0.25) is 0 Å². The van der Waals surface area contributed by atoms with Gasteiger partial charge in [-0.15, -0.1) is 0 Å². The van der Waals surface area contributed by atoms with Gasteiger partial charge in [-0.2, -0.15) is 0 Å². The molecule has 0 saturated heterocycles. The quantitative estimate of drug-likeness (QED) is 0.346. The van der Waals surface area contributed by atoms with Gasteiger partial charge in [-0.05, 0) is 42.5 Å². The number of rotatable bonds is 7. The minimum absolute atomic E-state index is 0.0772. The molecule has 0 fully saturated rings. The van der Waals surface area contributed by atoms with E-state index in [0.717, 1.165) is 6.07 Å². The summed E-state index contributed by atoms with van der Waals surface area (Å²) in [5.74, 6) is -1.17. The molecular weight excluding hydrogens is 454 g/mol. The summed E-state index contributed by atoms with van der Waals surface area (Å²) >= 11 is 0. The molecule has 0 saturated carbocycles. The molecule has 13 heteroatoms. The van der Waals surface area contributed by atoms with E-state index in [-0.39, 0.29) is 33.1 Å². The fourth-order valence-electron chi connectivity index (χ4n) is 2.63. The van der Waals surface area contributed by atoms with E-state index in [4.69, 9.17) is 4.74 Å². The van der Waals surface area contributed by atoms with Crippen molar-refractivity contribution in [2.45, 2.75) is 4.90 Å². The molecule has 3 rings (SSSR count). The van der Waals surface area contributed by atoms with Crippen LogP contribution in [0.4, 0.5) is 11.4 Å². The number of hydrazine groups is 1. The maximum Gasteiger partial charge on any atom is 0.271 e. The molecule has 33 heavy (non-hydrogen) atoms. The van der Waals surface area contributed by atoms with Gasteiger partial charge < -0.3 is 4.74 Å². The van der Waals surface area contributed by atoms with Crippen LogP contribution in [-0.2, 0) is 10.0 Å². The zero-order chi connectivity index (χ0) is 24.0. The standard InChI is InChI=1S/C20H17N5O7S/c1-32-18-9-6-15(25(28)29)11-17(18)24-33(30,31)16-7-4-13(5-8-16)19(26)22-23-20(27)14-3-2-10-21-12-14/h2-12,24H,1H3,(H,22,26)(H,23,27). The van der Waals surface area contributed by atoms with E-state index >= 15 is 0 Å². The Morgan fingerprint density at radius 1 is 1.00 bits per heavy atom. The number of nitrogens with one attached hydrogen (secondary N) is 3. The molecule has 3 aromatic rings. The lowest BCUT2D eigenvalue weighted by Gasteiger charge is -2.12. The summed E-state index contributed by atoms with van der Waals surface area (Å²) in [5, 5.41) is 11.0. The van der Waals surface area contributed by atoms with E-state index in [0.29, 0.717) is 0 Å². The van der Waals surface area contributed by atoms with Crippen molar-refractivity contribution in [1.29, 1.82) is 0 Å². The number of nitro groups is 1. The first-order valence-corrected chi connectivity index (χ1v) is 10.7. The van der Waals surface area contributed by atoms with Crippen molar-refractivity contribution >= 4 is 33.2 Å². The van der Waals surface area contributed by atoms with Gasteiger partial charge in [0, 0.05) is 30.1 Å². The summed E-state index contributed by atoms with van der Waals surface area (Å²) < 4.78 is 32.7. The van der Waals surface area contributed by atoms with Gasteiger partial charge in [0.25, 0.3) is 27.5 Å². The Balaban J connectivity index is 1.71. The summed E-state index contributed by atoms with van der Waals surface area (Å²) in [6.07, 6.45) is 2.82. The summed E-state index contributed by atoms with van der Waals surface area (Å²) in [6.45, 7) is 0. The predicted octanol–water partition coefficient (Wildman–Crippen LogP) is 1.87. The highest BCUT2D eigenvalue weighted by Gasteiger charge is 2.20. The van der Waals surface area contributed by atoms with Gasteiger partial charge in [0.1, 0.15) is 5.75 Å². The molecule has 0 aliphatic heterocycles. The lowest BCUT2D eigenvalue weighted by molar-refractivity contribution is -0.384. The number of nitrogens with zero attached hydrogens (tertiary/aromatic N) is 2. The van der Waals surface area contributed by atoms with Gasteiger partial charge in [-0.25, -0.2) is 8.42 Å². The molecule has 0 unspecified atom stereocenters. The Bertz CT molecular complexity index is 1300. The summed E-state index contributed by atoms with van der Waals surface area (Å²) in [7, 11) is -2.86. The molecule has 1 heterocycles. The molecule has 0 aliphatic carbocycles. The predicted molar refractivity (Wildman–Crippen MR) is 116 cm³/mol. The number of aromatic nitrogens is 1. The molecule has 0 aliphatic rings. The van der Waals surface area contributed by atoms with E-state index in [9.17, 15) is 28.1 Å². The molecule has 1 aromatic heterocycles. The van der Waals surface area contributed by atoms with Crippen LogP contribution < -0.4 is 20.3 Å². The smallest absolute Gasteiger partial charge is 0.271 e. The van der Waals surface area contributed by atoms with Crippen LogP contribution >= 0.6 is 0 Å². The van der Waals surface area contributed by atoms with E-state index in [2.05, 4.69) is 20.6 Å². The number of hydrogen-bond acceptors (Lipinski definition) is 8. The normalized spacial score (nSPS) is 10.7. The number of hydrogen-bond donors (Lipinski definition) is 3. The second-order valence-corrected chi connectivity index (χ2v) is 8.10. The third kappa shape index (κ3) is 5.59. The van der Waals surface area contributed by atoms with E-state index in [1.54, 1.807) is 6.07 Å². The van der Waals surface area contributed by atoms with E-state index < -0.39 is 26.8 Å². The third-order valence-corrected chi connectivity index (χ3v) is 5.66. The van der Waals surface area contributed by atoms with Crippen molar-refractivity contribution in [3.8, 4) is 5.75 Å². The molecule has 0 atom stereocenters. The van der Waals surface area contributed by atoms with Crippen LogP contribution in [0.2, 0.25) is 0 Å². The number of pyridine rings is 1. The lowest BCUT2D eigenvalue weighted by atomic mass is 10.2. The molecule has 0 spiro atoms. The number of carbonyl (C=O) groups is 2. The zero-order valence-electron chi connectivity index (χ0n) is 17.0. The monoisotopic (exact) mass is 471 g/mol. The molecule has 0 bridgehead atoms. The van der Waals surface area contributed by atoms with Crippen LogP contribution in [0.15, 0.2) is 71.9 Å². The number of amides is 2. The minimum Gasteiger partial charge on any atom is -0.495 e. The highest BCUT2D eigenvalue weighted by atomic mass is 32.2. The van der Waals surface area contributed by atoms with Gasteiger partial charge >= 0.3 is 0 Å². The first-order valence-electron chi connectivity index (χ1n) is 9.17.